The van der Waals surface area contributed by atoms with Gasteiger partial charge in [0.15, 0.2) is 6.29 Å². The zero-order valence-electron chi connectivity index (χ0n) is 9.97. The van der Waals surface area contributed by atoms with Crippen molar-refractivity contribution in [2.45, 2.75) is 30.7 Å². The molecule has 1 rings (SSSR count). The van der Waals surface area contributed by atoms with Crippen molar-refractivity contribution >= 4 is 6.47 Å². The normalized spacial score (nSPS) is 34.0. The Labute approximate surface area is 104 Å². The summed E-state index contributed by atoms with van der Waals surface area (Å²) in [6, 6.07) is 0. The second kappa shape index (κ2) is 7.62. The summed E-state index contributed by atoms with van der Waals surface area (Å²) < 4.78 is 19.7. The van der Waals surface area contributed by atoms with Gasteiger partial charge in [-0.2, -0.15) is 0 Å². The number of methoxy groups -OCH3 is 1. The molecule has 5 atom stereocenters. The van der Waals surface area contributed by atoms with Crippen LogP contribution >= 0.6 is 0 Å². The van der Waals surface area contributed by atoms with Gasteiger partial charge in [0.05, 0.1) is 19.8 Å². The average molecular weight is 266 g/mol. The summed E-state index contributed by atoms with van der Waals surface area (Å²) in [7, 11) is 1.44. The fourth-order valence-electron chi connectivity index (χ4n) is 1.52. The van der Waals surface area contributed by atoms with Crippen molar-refractivity contribution in [3.63, 3.8) is 0 Å². The fourth-order valence-corrected chi connectivity index (χ4v) is 1.52. The standard InChI is InChI=1S/C10H18O8/c1-15-2-6(18-5-11)3-16-10-9(14)8(13)7(12)4-17-10/h5-10,12-14H,2-4H2,1H3/t6-,7+,8+,9-,10-/m1/s1. The van der Waals surface area contributed by atoms with E-state index < -0.39 is 30.7 Å². The van der Waals surface area contributed by atoms with E-state index in [1.165, 1.54) is 7.11 Å². The first kappa shape index (κ1) is 15.3. The number of aliphatic hydroxyl groups is 3. The van der Waals surface area contributed by atoms with E-state index in [1.54, 1.807) is 0 Å². The molecule has 8 heteroatoms. The molecule has 0 saturated carbocycles. The van der Waals surface area contributed by atoms with Gasteiger partial charge in [0.2, 0.25) is 0 Å². The lowest BCUT2D eigenvalue weighted by Gasteiger charge is -2.35. The van der Waals surface area contributed by atoms with Gasteiger partial charge in [-0.3, -0.25) is 4.79 Å². The monoisotopic (exact) mass is 266 g/mol. The number of ether oxygens (including phenoxy) is 4. The molecule has 1 heterocycles. The molecule has 0 aromatic carbocycles. The van der Waals surface area contributed by atoms with Crippen LogP contribution in [0, 0.1) is 0 Å². The van der Waals surface area contributed by atoms with Crippen LogP contribution in [0.3, 0.4) is 0 Å². The van der Waals surface area contributed by atoms with E-state index in [0.717, 1.165) is 0 Å². The lowest BCUT2D eigenvalue weighted by atomic mass is 10.1. The van der Waals surface area contributed by atoms with Gasteiger partial charge >= 0.3 is 0 Å². The second-order valence-corrected chi connectivity index (χ2v) is 3.89. The summed E-state index contributed by atoms with van der Waals surface area (Å²) in [6.07, 6.45) is -5.57. The lowest BCUT2D eigenvalue weighted by molar-refractivity contribution is -0.275. The van der Waals surface area contributed by atoms with Gasteiger partial charge in [-0.1, -0.05) is 0 Å². The number of carbonyl (C=O) groups is 1. The molecule has 1 aliphatic heterocycles. The first-order chi connectivity index (χ1) is 8.60. The topological polar surface area (TPSA) is 115 Å². The van der Waals surface area contributed by atoms with Crippen molar-refractivity contribution in [3.05, 3.63) is 0 Å². The molecule has 18 heavy (non-hydrogen) atoms. The van der Waals surface area contributed by atoms with Gasteiger partial charge in [-0.25, -0.2) is 0 Å². The molecule has 8 nitrogen and oxygen atoms in total. The average Bonchev–Trinajstić information content (AvgIpc) is 2.35. The van der Waals surface area contributed by atoms with Crippen LogP contribution in [0.2, 0.25) is 0 Å². The highest BCUT2D eigenvalue weighted by molar-refractivity contribution is 5.37. The minimum Gasteiger partial charge on any atom is -0.460 e. The van der Waals surface area contributed by atoms with E-state index >= 15 is 0 Å². The van der Waals surface area contributed by atoms with Gasteiger partial charge in [0.25, 0.3) is 6.47 Å². The van der Waals surface area contributed by atoms with E-state index in [4.69, 9.17) is 14.2 Å². The number of carbonyl (C=O) groups excluding carboxylic acids is 1. The first-order valence-electron chi connectivity index (χ1n) is 5.45. The Morgan fingerprint density at radius 2 is 2.06 bits per heavy atom. The SMILES string of the molecule is COC[C@H](CO[C@@H]1OC[C@H](O)[C@H](O)[C@H]1O)OC=O. The predicted molar refractivity (Wildman–Crippen MR) is 56.5 cm³/mol. The molecule has 3 N–H and O–H groups in total. The lowest BCUT2D eigenvalue weighted by Crippen LogP contribution is -2.54. The maximum Gasteiger partial charge on any atom is 0.293 e. The van der Waals surface area contributed by atoms with Gasteiger partial charge in [-0.15, -0.1) is 0 Å². The van der Waals surface area contributed by atoms with E-state index in [2.05, 4.69) is 4.74 Å². The molecular formula is C10H18O8. The third-order valence-corrected chi connectivity index (χ3v) is 2.50. The van der Waals surface area contributed by atoms with Crippen molar-refractivity contribution in [1.82, 2.24) is 0 Å². The van der Waals surface area contributed by atoms with Crippen LogP contribution in [0.4, 0.5) is 0 Å². The summed E-state index contributed by atoms with van der Waals surface area (Å²) in [6.45, 7) is 0.194. The molecule has 1 aliphatic rings. The number of aliphatic hydroxyl groups excluding tert-OH is 3. The molecule has 1 fully saturated rings. The first-order valence-corrected chi connectivity index (χ1v) is 5.45. The zero-order chi connectivity index (χ0) is 13.5. The van der Waals surface area contributed by atoms with Crippen molar-refractivity contribution in [2.75, 3.05) is 26.9 Å². The summed E-state index contributed by atoms with van der Waals surface area (Å²) in [5.74, 6) is 0. The highest BCUT2D eigenvalue weighted by Gasteiger charge is 2.38. The van der Waals surface area contributed by atoms with E-state index in [0.29, 0.717) is 0 Å². The molecule has 0 amide bonds. The van der Waals surface area contributed by atoms with E-state index in [9.17, 15) is 20.1 Å². The molecule has 0 aliphatic carbocycles. The molecule has 0 bridgehead atoms. The predicted octanol–water partition coefficient (Wildman–Crippen LogP) is -2.37. The second-order valence-electron chi connectivity index (χ2n) is 3.89. The molecule has 0 aromatic heterocycles. The van der Waals surface area contributed by atoms with E-state index in [-0.39, 0.29) is 26.3 Å². The summed E-state index contributed by atoms with van der Waals surface area (Å²) in [5, 5.41) is 28.2. The minimum absolute atomic E-state index is 0.0584. The van der Waals surface area contributed by atoms with Gasteiger partial charge in [0.1, 0.15) is 24.4 Å². The Morgan fingerprint density at radius 3 is 2.67 bits per heavy atom. The summed E-state index contributed by atoms with van der Waals surface area (Å²) in [4.78, 5) is 10.2. The van der Waals surface area contributed by atoms with Crippen molar-refractivity contribution in [2.24, 2.45) is 0 Å². The highest BCUT2D eigenvalue weighted by atomic mass is 16.7. The van der Waals surface area contributed by atoms with Crippen molar-refractivity contribution < 1.29 is 39.1 Å². The number of hydrogen-bond acceptors (Lipinski definition) is 8. The van der Waals surface area contributed by atoms with Crippen LogP contribution in [0.25, 0.3) is 0 Å². The molecule has 0 radical (unpaired) electrons. The molecular weight excluding hydrogens is 248 g/mol. The third kappa shape index (κ3) is 4.16. The molecule has 0 unspecified atom stereocenters. The van der Waals surface area contributed by atoms with Crippen LogP contribution in [-0.4, -0.2) is 79.4 Å². The molecule has 106 valence electrons. The third-order valence-electron chi connectivity index (χ3n) is 2.50. The van der Waals surface area contributed by atoms with Gasteiger partial charge in [0, 0.05) is 7.11 Å². The largest absolute Gasteiger partial charge is 0.460 e. The van der Waals surface area contributed by atoms with Crippen LogP contribution in [0.5, 0.6) is 0 Å². The molecule has 0 spiro atoms. The molecule has 1 saturated heterocycles. The maximum absolute atomic E-state index is 10.2. The minimum atomic E-state index is -1.37. The quantitative estimate of drug-likeness (QED) is 0.438. The summed E-state index contributed by atoms with van der Waals surface area (Å²) >= 11 is 0. The zero-order valence-corrected chi connectivity index (χ0v) is 9.97. The van der Waals surface area contributed by atoms with Gasteiger partial charge in [-0.05, 0) is 0 Å². The Bertz CT molecular complexity index is 248. The van der Waals surface area contributed by atoms with Crippen LogP contribution in [0.1, 0.15) is 0 Å². The van der Waals surface area contributed by atoms with Crippen molar-refractivity contribution in [3.8, 4) is 0 Å². The Kier molecular flexibility index (Phi) is 6.47. The van der Waals surface area contributed by atoms with Gasteiger partial charge < -0.3 is 34.3 Å². The summed E-state index contributed by atoms with van der Waals surface area (Å²) in [5.41, 5.74) is 0. The Morgan fingerprint density at radius 1 is 1.33 bits per heavy atom. The Hall–Kier alpha value is -0.770. The number of rotatable bonds is 7. The van der Waals surface area contributed by atoms with Crippen molar-refractivity contribution in [1.29, 1.82) is 0 Å². The van der Waals surface area contributed by atoms with E-state index in [1.807, 2.05) is 0 Å². The van der Waals surface area contributed by atoms with Crippen LogP contribution in [-0.2, 0) is 23.7 Å². The smallest absolute Gasteiger partial charge is 0.293 e. The fraction of sp³-hybridized carbons (Fsp3) is 0.900. The highest BCUT2D eigenvalue weighted by Crippen LogP contribution is 2.16. The van der Waals surface area contributed by atoms with Crippen LogP contribution in [0.15, 0.2) is 0 Å². The number of hydrogen-bond donors (Lipinski definition) is 3. The molecule has 0 aromatic rings. The van der Waals surface area contributed by atoms with Crippen LogP contribution < -0.4 is 0 Å². The maximum atomic E-state index is 10.2. The Balaban J connectivity index is 2.39.